The van der Waals surface area contributed by atoms with Gasteiger partial charge in [-0.05, 0) is 39.8 Å². The number of aromatic nitrogens is 3. The van der Waals surface area contributed by atoms with Crippen LogP contribution >= 0.6 is 0 Å². The summed E-state index contributed by atoms with van der Waals surface area (Å²) in [5.74, 6) is 0.459. The molecule has 0 aliphatic rings. The molecule has 0 aliphatic carbocycles. The monoisotopic (exact) mass is 398 g/mol. The third-order valence-corrected chi connectivity index (χ3v) is 4.54. The van der Waals surface area contributed by atoms with Gasteiger partial charge in [-0.1, -0.05) is 54.6 Å². The Kier molecular flexibility index (Phi) is 6.75. The van der Waals surface area contributed by atoms with Gasteiger partial charge in [0.25, 0.3) is 5.91 Å². The molecule has 0 bridgehead atoms. The van der Waals surface area contributed by atoms with Crippen molar-refractivity contribution in [2.45, 2.75) is 27.7 Å². The van der Waals surface area contributed by atoms with Crippen LogP contribution in [-0.4, -0.2) is 20.7 Å². The van der Waals surface area contributed by atoms with Crippen molar-refractivity contribution >= 4 is 39.7 Å². The van der Waals surface area contributed by atoms with Gasteiger partial charge in [0, 0.05) is 23.0 Å². The molecule has 0 atom stereocenters. The summed E-state index contributed by atoms with van der Waals surface area (Å²) in [5.41, 5.74) is 3.06. The highest BCUT2D eigenvalue weighted by Crippen LogP contribution is 2.27. The lowest BCUT2D eigenvalue weighted by Crippen LogP contribution is -2.15. The second kappa shape index (κ2) is 9.65. The molecule has 0 unspecified atom stereocenters. The number of aryl methyl sites for hydroxylation is 1. The molecule has 4 aromatic rings. The van der Waals surface area contributed by atoms with Crippen molar-refractivity contribution in [2.24, 2.45) is 0 Å². The molecule has 30 heavy (non-hydrogen) atoms. The lowest BCUT2D eigenvalue weighted by atomic mass is 10.0. The second-order valence-corrected chi connectivity index (χ2v) is 6.74. The van der Waals surface area contributed by atoms with Crippen LogP contribution in [0.25, 0.3) is 28.0 Å². The fraction of sp³-hybridized carbons (Fsp3) is 0.160. The first-order chi connectivity index (χ1) is 14.6. The molecule has 4 rings (SSSR count). The molecule has 2 heterocycles. The van der Waals surface area contributed by atoms with E-state index in [0.717, 1.165) is 27.5 Å². The molecular formula is C25H26N4O. The van der Waals surface area contributed by atoms with Crippen molar-refractivity contribution in [1.29, 1.82) is 0 Å². The summed E-state index contributed by atoms with van der Waals surface area (Å²) in [6.07, 6.45) is 7.69. The van der Waals surface area contributed by atoms with E-state index in [2.05, 4.69) is 15.4 Å². The van der Waals surface area contributed by atoms with E-state index in [1.54, 1.807) is 4.68 Å². The number of para-hydroxylation sites is 2. The maximum absolute atomic E-state index is 13.2. The van der Waals surface area contributed by atoms with E-state index in [0.29, 0.717) is 11.4 Å². The van der Waals surface area contributed by atoms with Crippen LogP contribution in [0.5, 0.6) is 0 Å². The van der Waals surface area contributed by atoms with E-state index >= 15 is 0 Å². The first kappa shape index (κ1) is 21.0. The van der Waals surface area contributed by atoms with Crippen LogP contribution in [0, 0.1) is 6.92 Å². The lowest BCUT2D eigenvalue weighted by Gasteiger charge is -2.11. The Morgan fingerprint density at radius 3 is 2.00 bits per heavy atom. The Bertz CT molecular complexity index is 1180. The van der Waals surface area contributed by atoms with Gasteiger partial charge in [-0.2, -0.15) is 5.10 Å². The van der Waals surface area contributed by atoms with Gasteiger partial charge < -0.3 is 5.32 Å². The van der Waals surface area contributed by atoms with E-state index in [1.165, 1.54) is 0 Å². The van der Waals surface area contributed by atoms with Gasteiger partial charge in [0.05, 0.1) is 22.3 Å². The van der Waals surface area contributed by atoms with Crippen LogP contribution in [0.4, 0.5) is 5.82 Å². The fourth-order valence-corrected chi connectivity index (χ4v) is 3.13. The number of amides is 1. The molecule has 5 heteroatoms. The number of carbonyl (C=O) groups is 1. The highest BCUT2D eigenvalue weighted by molar-refractivity contribution is 6.20. The Morgan fingerprint density at radius 2 is 1.47 bits per heavy atom. The summed E-state index contributed by atoms with van der Waals surface area (Å²) in [5, 5.41) is 9.04. The second-order valence-electron chi connectivity index (χ2n) is 6.74. The number of benzene rings is 2. The summed E-state index contributed by atoms with van der Waals surface area (Å²) in [6, 6.07) is 17.2. The normalized spacial score (nSPS) is 11.2. The maximum atomic E-state index is 13.2. The smallest absolute Gasteiger partial charge is 0.258 e. The van der Waals surface area contributed by atoms with Gasteiger partial charge in [-0.25, -0.2) is 9.67 Å². The van der Waals surface area contributed by atoms with Crippen LogP contribution < -0.4 is 5.32 Å². The SMILES string of the molecule is C/C=C/n1nc(C)cc1NC(=O)c1c2ccccc2nc2ccccc12.C/C=C\C. The number of nitrogens with one attached hydrogen (secondary N) is 1. The predicted molar refractivity (Wildman–Crippen MR) is 126 cm³/mol. The topological polar surface area (TPSA) is 59.8 Å². The molecular weight excluding hydrogens is 372 g/mol. The molecule has 0 radical (unpaired) electrons. The molecule has 1 amide bonds. The summed E-state index contributed by atoms with van der Waals surface area (Å²) in [4.78, 5) is 17.9. The number of carbonyl (C=O) groups excluding carboxylic acids is 1. The van der Waals surface area contributed by atoms with Crippen LogP contribution in [0.3, 0.4) is 0 Å². The third kappa shape index (κ3) is 4.46. The van der Waals surface area contributed by atoms with Gasteiger partial charge in [0.15, 0.2) is 0 Å². The minimum Gasteiger partial charge on any atom is -0.306 e. The molecule has 2 aromatic carbocycles. The summed E-state index contributed by atoms with van der Waals surface area (Å²) < 4.78 is 1.67. The zero-order chi connectivity index (χ0) is 21.5. The Balaban J connectivity index is 0.000000589. The zero-order valence-electron chi connectivity index (χ0n) is 17.8. The first-order valence-corrected chi connectivity index (χ1v) is 9.94. The molecule has 1 N–H and O–H groups in total. The number of pyridine rings is 1. The minimum atomic E-state index is -0.176. The Morgan fingerprint density at radius 1 is 0.900 bits per heavy atom. The fourth-order valence-electron chi connectivity index (χ4n) is 3.13. The Hall–Kier alpha value is -3.73. The van der Waals surface area contributed by atoms with Crippen molar-refractivity contribution in [3.63, 3.8) is 0 Å². The molecule has 0 fully saturated rings. The third-order valence-electron chi connectivity index (χ3n) is 4.54. The van der Waals surface area contributed by atoms with Crippen molar-refractivity contribution in [3.05, 3.63) is 84.1 Å². The number of anilines is 1. The summed E-state index contributed by atoms with van der Waals surface area (Å²) >= 11 is 0. The van der Waals surface area contributed by atoms with Crippen LogP contribution in [0.2, 0.25) is 0 Å². The number of hydrogen-bond donors (Lipinski definition) is 1. The number of allylic oxidation sites excluding steroid dienone is 3. The van der Waals surface area contributed by atoms with E-state index in [4.69, 9.17) is 0 Å². The quantitative estimate of drug-likeness (QED) is 0.329. The highest BCUT2D eigenvalue weighted by Gasteiger charge is 2.17. The summed E-state index contributed by atoms with van der Waals surface area (Å²) in [7, 11) is 0. The van der Waals surface area contributed by atoms with Gasteiger partial charge in [-0.3, -0.25) is 4.79 Å². The van der Waals surface area contributed by atoms with Crippen molar-refractivity contribution in [3.8, 4) is 0 Å². The van der Waals surface area contributed by atoms with E-state index in [9.17, 15) is 4.79 Å². The maximum Gasteiger partial charge on any atom is 0.258 e. The zero-order valence-corrected chi connectivity index (χ0v) is 17.8. The number of nitrogens with zero attached hydrogens (tertiary/aromatic N) is 3. The van der Waals surface area contributed by atoms with E-state index in [1.807, 2.05) is 107 Å². The predicted octanol–water partition coefficient (Wildman–Crippen LogP) is 6.22. The van der Waals surface area contributed by atoms with Crippen LogP contribution in [0.1, 0.15) is 36.8 Å². The molecule has 5 nitrogen and oxygen atoms in total. The number of hydrogen-bond acceptors (Lipinski definition) is 3. The van der Waals surface area contributed by atoms with Gasteiger partial charge >= 0.3 is 0 Å². The minimum absolute atomic E-state index is 0.176. The summed E-state index contributed by atoms with van der Waals surface area (Å²) in [6.45, 7) is 7.80. The first-order valence-electron chi connectivity index (χ1n) is 9.94. The average molecular weight is 399 g/mol. The number of rotatable bonds is 3. The molecule has 0 aliphatic heterocycles. The molecule has 0 saturated carbocycles. The standard InChI is InChI=1S/C21H18N4O.C4H8/c1-3-12-25-19(13-14(2)24-25)23-21(26)20-15-8-4-6-10-17(15)22-18-11-7-5-9-16(18)20;1-3-4-2/h3-13H,1-2H3,(H,23,26);3-4H,1-2H3/b12-3+;4-3-. The van der Waals surface area contributed by atoms with Crippen LogP contribution in [-0.2, 0) is 0 Å². The Labute approximate surface area is 176 Å². The molecule has 152 valence electrons. The molecule has 2 aromatic heterocycles. The van der Waals surface area contributed by atoms with Crippen molar-refractivity contribution < 1.29 is 4.79 Å². The van der Waals surface area contributed by atoms with Gasteiger partial charge in [0.2, 0.25) is 0 Å². The highest BCUT2D eigenvalue weighted by atomic mass is 16.1. The van der Waals surface area contributed by atoms with Gasteiger partial charge in [0.1, 0.15) is 5.82 Å². The van der Waals surface area contributed by atoms with E-state index < -0.39 is 0 Å². The van der Waals surface area contributed by atoms with Crippen molar-refractivity contribution in [2.75, 3.05) is 5.32 Å². The lowest BCUT2D eigenvalue weighted by molar-refractivity contribution is 0.102. The van der Waals surface area contributed by atoms with Gasteiger partial charge in [-0.15, -0.1) is 0 Å². The average Bonchev–Trinajstić information content (AvgIpc) is 3.10. The van der Waals surface area contributed by atoms with E-state index in [-0.39, 0.29) is 5.91 Å². The molecule has 0 saturated heterocycles. The number of fused-ring (bicyclic) bond motifs is 2. The largest absolute Gasteiger partial charge is 0.306 e. The molecule has 0 spiro atoms. The van der Waals surface area contributed by atoms with Crippen molar-refractivity contribution in [1.82, 2.24) is 14.8 Å². The van der Waals surface area contributed by atoms with Crippen LogP contribution in [0.15, 0.2) is 72.8 Å².